The smallest absolute Gasteiger partial charge is 0.204 e. The highest BCUT2D eigenvalue weighted by molar-refractivity contribution is 7.80. The fraction of sp³-hybridized carbons (Fsp3) is 0.429. The first-order valence-corrected chi connectivity index (χ1v) is 6.96. The lowest BCUT2D eigenvalue weighted by Crippen LogP contribution is -2.44. The maximum atomic E-state index is 5.37. The van der Waals surface area contributed by atoms with E-state index in [9.17, 15) is 0 Å². The van der Waals surface area contributed by atoms with Crippen LogP contribution < -0.4 is 5.32 Å². The van der Waals surface area contributed by atoms with Crippen molar-refractivity contribution in [2.75, 3.05) is 31.6 Å². The zero-order valence-electron chi connectivity index (χ0n) is 11.1. The van der Waals surface area contributed by atoms with Crippen molar-refractivity contribution in [2.24, 2.45) is 4.99 Å². The summed E-state index contributed by atoms with van der Waals surface area (Å²) >= 11 is 5.23. The molecule has 0 atom stereocenters. The fourth-order valence-corrected chi connectivity index (χ4v) is 1.89. The Morgan fingerprint density at radius 3 is 2.63 bits per heavy atom. The van der Waals surface area contributed by atoms with Gasteiger partial charge in [0.25, 0.3) is 0 Å². The summed E-state index contributed by atoms with van der Waals surface area (Å²) in [4.78, 5) is 7.41. The second-order valence-electron chi connectivity index (χ2n) is 4.27. The lowest BCUT2D eigenvalue weighted by molar-refractivity contribution is 0.0681. The van der Waals surface area contributed by atoms with Crippen LogP contribution in [0.5, 0.6) is 0 Å². The first kappa shape index (κ1) is 14.0. The quantitative estimate of drug-likeness (QED) is 0.512. The number of anilines is 1. The molecule has 5 heteroatoms. The van der Waals surface area contributed by atoms with E-state index in [4.69, 9.17) is 17.0 Å². The molecule has 1 aromatic carbocycles. The molecule has 0 spiro atoms. The van der Waals surface area contributed by atoms with E-state index in [1.807, 2.05) is 37.3 Å². The molecule has 0 amide bonds. The van der Waals surface area contributed by atoms with Gasteiger partial charge < -0.3 is 15.0 Å². The molecule has 4 nitrogen and oxygen atoms in total. The highest BCUT2D eigenvalue weighted by Crippen LogP contribution is 2.09. The summed E-state index contributed by atoms with van der Waals surface area (Å²) in [5.74, 6) is 0.821. The minimum atomic E-state index is 0.713. The number of hydrogen-bond acceptors (Lipinski definition) is 2. The first-order chi connectivity index (χ1) is 9.29. The van der Waals surface area contributed by atoms with Crippen molar-refractivity contribution in [1.82, 2.24) is 4.90 Å². The molecule has 1 aliphatic heterocycles. The molecule has 1 aliphatic rings. The summed E-state index contributed by atoms with van der Waals surface area (Å²) < 4.78 is 5.37. The van der Waals surface area contributed by atoms with Crippen LogP contribution in [-0.2, 0) is 4.74 Å². The molecule has 1 N–H and O–H groups in total. The molecule has 1 aromatic rings. The number of guanidine groups is 1. The molecule has 0 saturated carbocycles. The molecule has 102 valence electrons. The summed E-state index contributed by atoms with van der Waals surface area (Å²) in [6, 6.07) is 10.0. The summed E-state index contributed by atoms with van der Waals surface area (Å²) in [7, 11) is 0. The highest BCUT2D eigenvalue weighted by atomic mass is 32.1. The normalized spacial score (nSPS) is 16.3. The molecule has 1 fully saturated rings. The van der Waals surface area contributed by atoms with Crippen LogP contribution in [-0.4, -0.2) is 42.2 Å². The lowest BCUT2D eigenvalue weighted by atomic mass is 10.3. The second kappa shape index (κ2) is 7.21. The van der Waals surface area contributed by atoms with Gasteiger partial charge >= 0.3 is 0 Å². The van der Waals surface area contributed by atoms with Crippen LogP contribution in [0.25, 0.3) is 0 Å². The Morgan fingerprint density at radius 1 is 1.32 bits per heavy atom. The van der Waals surface area contributed by atoms with Gasteiger partial charge in [0.15, 0.2) is 0 Å². The third-order valence-corrected chi connectivity index (χ3v) is 3.25. The van der Waals surface area contributed by atoms with Crippen LogP contribution in [0.15, 0.2) is 35.3 Å². The Bertz CT molecular complexity index is 441. The maximum absolute atomic E-state index is 5.37. The van der Waals surface area contributed by atoms with E-state index in [-0.39, 0.29) is 0 Å². The van der Waals surface area contributed by atoms with Crippen molar-refractivity contribution in [3.8, 4) is 0 Å². The third kappa shape index (κ3) is 4.29. The van der Waals surface area contributed by atoms with Crippen molar-refractivity contribution >= 4 is 28.9 Å². The number of hydrogen-bond donors (Lipinski definition) is 1. The van der Waals surface area contributed by atoms with Crippen LogP contribution in [0, 0.1) is 0 Å². The SMILES string of the molecule is CCC(=S)N=C(Nc1ccccc1)N1CCOCC1. The van der Waals surface area contributed by atoms with Crippen molar-refractivity contribution in [3.05, 3.63) is 30.3 Å². The number of nitrogens with one attached hydrogen (secondary N) is 1. The Kier molecular flexibility index (Phi) is 5.30. The highest BCUT2D eigenvalue weighted by Gasteiger charge is 2.15. The van der Waals surface area contributed by atoms with Crippen molar-refractivity contribution in [1.29, 1.82) is 0 Å². The average molecular weight is 277 g/mol. The van der Waals surface area contributed by atoms with Gasteiger partial charge in [0.05, 0.1) is 13.2 Å². The molecule has 0 unspecified atom stereocenters. The Labute approximate surface area is 119 Å². The number of nitrogens with zero attached hydrogens (tertiary/aromatic N) is 2. The maximum Gasteiger partial charge on any atom is 0.204 e. The molecule has 1 saturated heterocycles. The molecule has 0 aliphatic carbocycles. The summed E-state index contributed by atoms with van der Waals surface area (Å²) in [6.45, 7) is 5.16. The standard InChI is InChI=1S/C14H19N3OS/c1-2-13(19)16-14(17-8-10-18-11-9-17)15-12-6-4-3-5-7-12/h3-7H,2,8-11H2,1H3,(H,15,16,19). The zero-order valence-corrected chi connectivity index (χ0v) is 11.9. The molecule has 0 radical (unpaired) electrons. The monoisotopic (exact) mass is 277 g/mol. The lowest BCUT2D eigenvalue weighted by Gasteiger charge is -2.30. The molecular weight excluding hydrogens is 258 g/mol. The summed E-state index contributed by atoms with van der Waals surface area (Å²) in [6.07, 6.45) is 0.777. The minimum Gasteiger partial charge on any atom is -0.378 e. The Morgan fingerprint density at radius 2 is 2.00 bits per heavy atom. The van der Waals surface area contributed by atoms with Crippen LogP contribution in [0.4, 0.5) is 5.69 Å². The van der Waals surface area contributed by atoms with Gasteiger partial charge in [-0.15, -0.1) is 0 Å². The number of morpholine rings is 1. The molecule has 0 bridgehead atoms. The number of ether oxygens (including phenoxy) is 1. The van der Waals surface area contributed by atoms with E-state index in [2.05, 4.69) is 15.2 Å². The van der Waals surface area contributed by atoms with E-state index in [1.54, 1.807) is 0 Å². The summed E-state index contributed by atoms with van der Waals surface area (Å²) in [5.41, 5.74) is 1.02. The number of rotatable bonds is 2. The molecular formula is C14H19N3OS. The third-order valence-electron chi connectivity index (χ3n) is 2.87. The van der Waals surface area contributed by atoms with Crippen LogP contribution in [0.2, 0.25) is 0 Å². The second-order valence-corrected chi connectivity index (χ2v) is 4.74. The predicted molar refractivity (Wildman–Crippen MR) is 82.8 cm³/mol. The predicted octanol–water partition coefficient (Wildman–Crippen LogP) is 2.52. The topological polar surface area (TPSA) is 36.9 Å². The van der Waals surface area contributed by atoms with E-state index in [1.165, 1.54) is 0 Å². The van der Waals surface area contributed by atoms with Gasteiger partial charge in [0.2, 0.25) is 5.96 Å². The fourth-order valence-electron chi connectivity index (χ4n) is 1.80. The summed E-state index contributed by atoms with van der Waals surface area (Å²) in [5, 5.41) is 3.35. The number of benzene rings is 1. The van der Waals surface area contributed by atoms with Crippen molar-refractivity contribution in [3.63, 3.8) is 0 Å². The molecule has 19 heavy (non-hydrogen) atoms. The van der Waals surface area contributed by atoms with E-state index < -0.39 is 0 Å². The van der Waals surface area contributed by atoms with Crippen LogP contribution >= 0.6 is 12.2 Å². The Balaban J connectivity index is 2.14. The molecule has 1 heterocycles. The number of thiocarbonyl (C=S) groups is 1. The van der Waals surface area contributed by atoms with Gasteiger partial charge in [0.1, 0.15) is 4.99 Å². The largest absolute Gasteiger partial charge is 0.378 e. The molecule has 2 rings (SSSR count). The van der Waals surface area contributed by atoms with Crippen molar-refractivity contribution < 1.29 is 4.74 Å². The van der Waals surface area contributed by atoms with Gasteiger partial charge in [-0.3, -0.25) is 0 Å². The van der Waals surface area contributed by atoms with Gasteiger partial charge in [-0.2, -0.15) is 0 Å². The van der Waals surface area contributed by atoms with Gasteiger partial charge in [-0.25, -0.2) is 4.99 Å². The van der Waals surface area contributed by atoms with E-state index >= 15 is 0 Å². The minimum absolute atomic E-state index is 0.713. The van der Waals surface area contributed by atoms with E-state index in [0.29, 0.717) is 4.99 Å². The van der Waals surface area contributed by atoms with Gasteiger partial charge in [0, 0.05) is 18.8 Å². The van der Waals surface area contributed by atoms with Crippen LogP contribution in [0.1, 0.15) is 13.3 Å². The van der Waals surface area contributed by atoms with Crippen molar-refractivity contribution in [2.45, 2.75) is 13.3 Å². The zero-order chi connectivity index (χ0) is 13.5. The first-order valence-electron chi connectivity index (χ1n) is 6.56. The van der Waals surface area contributed by atoms with Gasteiger partial charge in [-0.05, 0) is 18.6 Å². The van der Waals surface area contributed by atoms with Gasteiger partial charge in [-0.1, -0.05) is 37.3 Å². The Hall–Kier alpha value is -1.46. The van der Waals surface area contributed by atoms with Crippen LogP contribution in [0.3, 0.4) is 0 Å². The van der Waals surface area contributed by atoms with E-state index in [0.717, 1.165) is 44.4 Å². The number of para-hydroxylation sites is 1. The average Bonchev–Trinajstić information content (AvgIpc) is 2.48. The number of aliphatic imine (C=N–C) groups is 1. The molecule has 0 aromatic heterocycles.